The lowest BCUT2D eigenvalue weighted by Gasteiger charge is -2.05. The van der Waals surface area contributed by atoms with Crippen LogP contribution in [0, 0.1) is 11.6 Å². The van der Waals surface area contributed by atoms with Gasteiger partial charge in [0.2, 0.25) is 0 Å². The highest BCUT2D eigenvalue weighted by Crippen LogP contribution is 2.41. The molecule has 2 N–H and O–H groups in total. The van der Waals surface area contributed by atoms with Crippen LogP contribution in [0.3, 0.4) is 0 Å². The molecule has 2 aromatic carbocycles. The summed E-state index contributed by atoms with van der Waals surface area (Å²) in [5, 5.41) is 10.4. The van der Waals surface area contributed by atoms with Gasteiger partial charge in [-0.05, 0) is 36.4 Å². The smallest absolute Gasteiger partial charge is 0.193 e. The summed E-state index contributed by atoms with van der Waals surface area (Å²) in [7, 11) is 0. The second-order valence-corrected chi connectivity index (χ2v) is 7.21. The van der Waals surface area contributed by atoms with Crippen LogP contribution in [0.15, 0.2) is 42.7 Å². The number of nitrogens with one attached hydrogen (secondary N) is 2. The van der Waals surface area contributed by atoms with Crippen molar-refractivity contribution in [2.24, 2.45) is 0 Å². The number of halogens is 4. The van der Waals surface area contributed by atoms with E-state index in [9.17, 15) is 8.78 Å². The molecule has 0 spiro atoms. The van der Waals surface area contributed by atoms with Gasteiger partial charge < -0.3 is 5.32 Å². The highest BCUT2D eigenvalue weighted by molar-refractivity contribution is 7.19. The fourth-order valence-corrected chi connectivity index (χ4v) is 3.80. The third-order valence-electron chi connectivity index (χ3n) is 3.61. The van der Waals surface area contributed by atoms with Crippen LogP contribution in [0.4, 0.5) is 19.6 Å². The molecule has 0 aliphatic heterocycles. The van der Waals surface area contributed by atoms with Gasteiger partial charge in [0.1, 0.15) is 22.8 Å². The Kier molecular flexibility index (Phi) is 4.77. The number of thiazole rings is 1. The van der Waals surface area contributed by atoms with Crippen LogP contribution >= 0.6 is 34.5 Å². The summed E-state index contributed by atoms with van der Waals surface area (Å²) < 4.78 is 27.1. The molecule has 0 saturated heterocycles. The Bertz CT molecular complexity index is 1100. The van der Waals surface area contributed by atoms with E-state index in [1.807, 2.05) is 0 Å². The average Bonchev–Trinajstić information content (AvgIpc) is 3.30. The Labute approximate surface area is 166 Å². The number of hydrogen-bond donors (Lipinski definition) is 2. The van der Waals surface area contributed by atoms with Gasteiger partial charge in [0.05, 0.1) is 15.7 Å². The molecule has 4 rings (SSSR count). The predicted octanol–water partition coefficient (Wildman–Crippen LogP) is 5.92. The van der Waals surface area contributed by atoms with Crippen LogP contribution in [0.1, 0.15) is 0 Å². The van der Waals surface area contributed by atoms with E-state index in [0.717, 1.165) is 0 Å². The molecule has 5 nitrogen and oxygen atoms in total. The number of benzene rings is 2. The summed E-state index contributed by atoms with van der Waals surface area (Å²) in [6, 6.07) is 8.37. The molecule has 0 fully saturated rings. The minimum Gasteiger partial charge on any atom is -0.332 e. The summed E-state index contributed by atoms with van der Waals surface area (Å²) in [4.78, 5) is 9.24. The zero-order chi connectivity index (χ0) is 19.0. The van der Waals surface area contributed by atoms with Crippen molar-refractivity contribution in [1.82, 2.24) is 20.2 Å². The van der Waals surface area contributed by atoms with E-state index < -0.39 is 5.82 Å². The van der Waals surface area contributed by atoms with Crippen molar-refractivity contribution < 1.29 is 8.78 Å². The lowest BCUT2D eigenvalue weighted by atomic mass is 10.1. The van der Waals surface area contributed by atoms with Gasteiger partial charge in [-0.3, -0.25) is 5.10 Å². The first-order valence-corrected chi connectivity index (χ1v) is 9.13. The van der Waals surface area contributed by atoms with Crippen LogP contribution in [0.2, 0.25) is 10.0 Å². The van der Waals surface area contributed by atoms with E-state index in [-0.39, 0.29) is 15.9 Å². The molecule has 4 aromatic rings. The van der Waals surface area contributed by atoms with Gasteiger partial charge in [0.25, 0.3) is 0 Å². The number of anilines is 2. The first-order valence-electron chi connectivity index (χ1n) is 7.56. The lowest BCUT2D eigenvalue weighted by molar-refractivity contribution is 0.628. The van der Waals surface area contributed by atoms with Gasteiger partial charge in [0, 0.05) is 11.3 Å². The Morgan fingerprint density at radius 2 is 1.81 bits per heavy atom. The number of H-pyrrole nitrogens is 1. The van der Waals surface area contributed by atoms with E-state index in [0.29, 0.717) is 32.8 Å². The van der Waals surface area contributed by atoms with Crippen molar-refractivity contribution >= 4 is 45.4 Å². The van der Waals surface area contributed by atoms with Crippen LogP contribution in [0.25, 0.3) is 22.0 Å². The summed E-state index contributed by atoms with van der Waals surface area (Å²) >= 11 is 13.3. The highest BCUT2D eigenvalue weighted by Gasteiger charge is 2.21. The summed E-state index contributed by atoms with van der Waals surface area (Å²) in [5.74, 6) is -0.565. The zero-order valence-electron chi connectivity index (χ0n) is 13.3. The predicted molar refractivity (Wildman–Crippen MR) is 103 cm³/mol. The average molecular weight is 424 g/mol. The van der Waals surface area contributed by atoms with Crippen molar-refractivity contribution in [2.75, 3.05) is 5.32 Å². The number of rotatable bonds is 4. The van der Waals surface area contributed by atoms with Gasteiger partial charge >= 0.3 is 0 Å². The molecule has 0 unspecified atom stereocenters. The van der Waals surface area contributed by atoms with E-state index in [1.165, 1.54) is 41.9 Å². The molecule has 0 aliphatic carbocycles. The maximum atomic E-state index is 14.0. The molecule has 0 radical (unpaired) electrons. The van der Waals surface area contributed by atoms with Gasteiger partial charge in [-0.25, -0.2) is 18.7 Å². The van der Waals surface area contributed by atoms with Crippen molar-refractivity contribution in [2.45, 2.75) is 0 Å². The van der Waals surface area contributed by atoms with E-state index in [2.05, 4.69) is 25.5 Å². The molecule has 0 bridgehead atoms. The topological polar surface area (TPSA) is 66.5 Å². The zero-order valence-corrected chi connectivity index (χ0v) is 15.6. The van der Waals surface area contributed by atoms with Crippen LogP contribution < -0.4 is 5.32 Å². The quantitative estimate of drug-likeness (QED) is 0.399. The normalized spacial score (nSPS) is 11.0. The Hall–Kier alpha value is -2.55. The number of nitrogens with zero attached hydrogens (tertiary/aromatic N) is 3. The van der Waals surface area contributed by atoms with Crippen LogP contribution in [-0.2, 0) is 0 Å². The number of aromatic nitrogens is 4. The molecule has 0 aliphatic rings. The van der Waals surface area contributed by atoms with E-state index >= 15 is 0 Å². The van der Waals surface area contributed by atoms with Crippen LogP contribution in [0.5, 0.6) is 0 Å². The van der Waals surface area contributed by atoms with Gasteiger partial charge in [-0.15, -0.1) is 0 Å². The molecule has 2 aromatic heterocycles. The molecule has 136 valence electrons. The molecule has 0 saturated carbocycles. The molecule has 10 heteroatoms. The van der Waals surface area contributed by atoms with Crippen molar-refractivity contribution in [3.63, 3.8) is 0 Å². The second-order valence-electron chi connectivity index (χ2n) is 5.40. The number of hydrogen-bond acceptors (Lipinski definition) is 5. The molecular formula is C17H9Cl2F2N5S. The SMILES string of the molecule is Fc1ccc(Nc2nc(-c3cc(F)c(Cl)cc3Cl)c(-c3nc[nH]n3)s2)cc1. The standard InChI is InChI=1S/C17H9Cl2F2N5S/c18-11-6-12(19)13(21)5-10(11)14-15(16-22-7-23-26-16)27-17(25-14)24-9-3-1-8(20)2-4-9/h1-7H,(H,24,25)(H,22,23,26). The van der Waals surface area contributed by atoms with Crippen LogP contribution in [-0.4, -0.2) is 20.2 Å². The van der Waals surface area contributed by atoms with Crippen molar-refractivity contribution in [3.05, 3.63) is 64.4 Å². The van der Waals surface area contributed by atoms with E-state index in [1.54, 1.807) is 12.1 Å². The first-order chi connectivity index (χ1) is 13.0. The summed E-state index contributed by atoms with van der Waals surface area (Å²) in [6.45, 7) is 0. The maximum Gasteiger partial charge on any atom is 0.193 e. The monoisotopic (exact) mass is 423 g/mol. The largest absolute Gasteiger partial charge is 0.332 e. The Morgan fingerprint density at radius 3 is 2.52 bits per heavy atom. The first kappa shape index (κ1) is 17.8. The Morgan fingerprint density at radius 1 is 1.04 bits per heavy atom. The summed E-state index contributed by atoms with van der Waals surface area (Å²) in [5.41, 5.74) is 1.41. The summed E-state index contributed by atoms with van der Waals surface area (Å²) in [6.07, 6.45) is 1.43. The molecular weight excluding hydrogens is 415 g/mol. The minimum atomic E-state index is -0.613. The third kappa shape index (κ3) is 3.64. The molecule has 0 amide bonds. The fourth-order valence-electron chi connectivity index (χ4n) is 2.39. The van der Waals surface area contributed by atoms with Gasteiger partial charge in [0.15, 0.2) is 11.0 Å². The van der Waals surface area contributed by atoms with Gasteiger partial charge in [-0.1, -0.05) is 34.5 Å². The van der Waals surface area contributed by atoms with E-state index in [4.69, 9.17) is 23.2 Å². The van der Waals surface area contributed by atoms with Crippen molar-refractivity contribution in [3.8, 4) is 22.0 Å². The second kappa shape index (κ2) is 7.22. The lowest BCUT2D eigenvalue weighted by Crippen LogP contribution is -1.91. The maximum absolute atomic E-state index is 14.0. The molecule has 0 atom stereocenters. The Balaban J connectivity index is 1.81. The highest BCUT2D eigenvalue weighted by atomic mass is 35.5. The molecule has 27 heavy (non-hydrogen) atoms. The number of aromatic amines is 1. The third-order valence-corrected chi connectivity index (χ3v) is 5.17. The van der Waals surface area contributed by atoms with Gasteiger partial charge in [-0.2, -0.15) is 5.10 Å². The fraction of sp³-hybridized carbons (Fsp3) is 0. The minimum absolute atomic E-state index is 0.0805. The van der Waals surface area contributed by atoms with Crippen molar-refractivity contribution in [1.29, 1.82) is 0 Å². The molecule has 2 heterocycles.